The third-order valence-corrected chi connectivity index (χ3v) is 3.33. The summed E-state index contributed by atoms with van der Waals surface area (Å²) in [6.07, 6.45) is 0. The SMILES string of the molecule is CCNC(=NCc1ccc(Cl)cc1Cl)NCc1nc(C)no1.I. The minimum Gasteiger partial charge on any atom is -0.357 e. The Hall–Kier alpha value is -1.06. The first kappa shape index (κ1) is 20.0. The molecule has 0 aliphatic carbocycles. The normalized spacial score (nSPS) is 11.0. The molecule has 6 nitrogen and oxygen atoms in total. The number of rotatable bonds is 5. The molecule has 1 heterocycles. The van der Waals surface area contributed by atoms with Crippen molar-refractivity contribution < 1.29 is 4.52 Å². The van der Waals surface area contributed by atoms with E-state index in [4.69, 9.17) is 27.7 Å². The van der Waals surface area contributed by atoms with Gasteiger partial charge in [-0.3, -0.25) is 0 Å². The fourth-order valence-electron chi connectivity index (χ4n) is 1.73. The molecule has 0 saturated carbocycles. The van der Waals surface area contributed by atoms with Gasteiger partial charge in [-0.1, -0.05) is 34.4 Å². The number of halogens is 3. The van der Waals surface area contributed by atoms with Crippen LogP contribution >= 0.6 is 47.2 Å². The molecule has 0 fully saturated rings. The molecule has 23 heavy (non-hydrogen) atoms. The van der Waals surface area contributed by atoms with Crippen molar-refractivity contribution in [1.82, 2.24) is 20.8 Å². The predicted molar refractivity (Wildman–Crippen MR) is 103 cm³/mol. The fourth-order valence-corrected chi connectivity index (χ4v) is 2.20. The average molecular weight is 470 g/mol. The lowest BCUT2D eigenvalue weighted by Crippen LogP contribution is -2.36. The monoisotopic (exact) mass is 469 g/mol. The maximum atomic E-state index is 6.14. The first-order chi connectivity index (χ1) is 10.6. The van der Waals surface area contributed by atoms with Crippen molar-refractivity contribution in [1.29, 1.82) is 0 Å². The van der Waals surface area contributed by atoms with Crippen molar-refractivity contribution >= 4 is 53.1 Å². The summed E-state index contributed by atoms with van der Waals surface area (Å²) in [5, 5.41) is 11.2. The summed E-state index contributed by atoms with van der Waals surface area (Å²) in [6.45, 7) is 5.34. The smallest absolute Gasteiger partial charge is 0.246 e. The van der Waals surface area contributed by atoms with Crippen LogP contribution in [0.3, 0.4) is 0 Å². The van der Waals surface area contributed by atoms with Gasteiger partial charge in [0, 0.05) is 16.6 Å². The zero-order valence-electron chi connectivity index (χ0n) is 12.8. The lowest BCUT2D eigenvalue weighted by atomic mass is 10.2. The molecule has 2 rings (SSSR count). The molecule has 1 aromatic carbocycles. The standard InChI is InChI=1S/C14H17Cl2N5O.HI/c1-3-17-14(19-8-13-20-9(2)21-22-13)18-7-10-4-5-11(15)6-12(10)16;/h4-6H,3,7-8H2,1-2H3,(H2,17,18,19);1H. The van der Waals surface area contributed by atoms with Crippen LogP contribution in [0.15, 0.2) is 27.7 Å². The topological polar surface area (TPSA) is 75.3 Å². The number of guanidine groups is 1. The van der Waals surface area contributed by atoms with Crippen LogP contribution in [-0.2, 0) is 13.1 Å². The number of aryl methyl sites for hydroxylation is 1. The Labute approximate surface area is 162 Å². The number of hydrogen-bond donors (Lipinski definition) is 2. The lowest BCUT2D eigenvalue weighted by Gasteiger charge is -2.10. The molecule has 0 aliphatic rings. The zero-order chi connectivity index (χ0) is 15.9. The van der Waals surface area contributed by atoms with Gasteiger partial charge in [-0.05, 0) is 31.5 Å². The van der Waals surface area contributed by atoms with Gasteiger partial charge >= 0.3 is 0 Å². The number of benzene rings is 1. The van der Waals surface area contributed by atoms with Crippen molar-refractivity contribution in [2.45, 2.75) is 26.9 Å². The van der Waals surface area contributed by atoms with Crippen LogP contribution < -0.4 is 10.6 Å². The Kier molecular flexibility index (Phi) is 8.64. The van der Waals surface area contributed by atoms with Crippen LogP contribution in [0.1, 0.15) is 24.2 Å². The summed E-state index contributed by atoms with van der Waals surface area (Å²) < 4.78 is 5.05. The predicted octanol–water partition coefficient (Wildman–Crippen LogP) is 3.56. The van der Waals surface area contributed by atoms with Crippen LogP contribution in [-0.4, -0.2) is 22.6 Å². The highest BCUT2D eigenvalue weighted by Gasteiger charge is 2.05. The highest BCUT2D eigenvalue weighted by Crippen LogP contribution is 2.21. The third kappa shape index (κ3) is 6.52. The van der Waals surface area contributed by atoms with Gasteiger partial charge in [-0.15, -0.1) is 24.0 Å². The minimum absolute atomic E-state index is 0. The van der Waals surface area contributed by atoms with Gasteiger partial charge in [0.05, 0.1) is 13.1 Å². The summed E-state index contributed by atoms with van der Waals surface area (Å²) in [6, 6.07) is 5.36. The Morgan fingerprint density at radius 1 is 1.30 bits per heavy atom. The second-order valence-corrected chi connectivity index (χ2v) is 5.36. The van der Waals surface area contributed by atoms with Crippen molar-refractivity contribution in [3.8, 4) is 0 Å². The highest BCUT2D eigenvalue weighted by atomic mass is 127. The fraction of sp³-hybridized carbons (Fsp3) is 0.357. The number of aromatic nitrogens is 2. The van der Waals surface area contributed by atoms with Crippen molar-refractivity contribution in [2.24, 2.45) is 4.99 Å². The maximum absolute atomic E-state index is 6.14. The molecule has 0 saturated heterocycles. The van der Waals surface area contributed by atoms with Crippen molar-refractivity contribution in [3.63, 3.8) is 0 Å². The van der Waals surface area contributed by atoms with E-state index in [1.54, 1.807) is 19.1 Å². The van der Waals surface area contributed by atoms with E-state index in [1.807, 2.05) is 13.0 Å². The van der Waals surface area contributed by atoms with E-state index in [0.717, 1.165) is 12.1 Å². The van der Waals surface area contributed by atoms with Gasteiger partial charge < -0.3 is 15.2 Å². The number of hydrogen-bond acceptors (Lipinski definition) is 4. The van der Waals surface area contributed by atoms with Crippen LogP contribution in [0, 0.1) is 6.92 Å². The number of nitrogens with one attached hydrogen (secondary N) is 2. The number of nitrogens with zero attached hydrogens (tertiary/aromatic N) is 3. The van der Waals surface area contributed by atoms with Gasteiger partial charge in [-0.2, -0.15) is 4.98 Å². The Bertz CT molecular complexity index is 662. The molecule has 0 radical (unpaired) electrons. The highest BCUT2D eigenvalue weighted by molar-refractivity contribution is 14.0. The molecular weight excluding hydrogens is 452 g/mol. The van der Waals surface area contributed by atoms with E-state index in [1.165, 1.54) is 0 Å². The largest absolute Gasteiger partial charge is 0.357 e. The van der Waals surface area contributed by atoms with E-state index in [-0.39, 0.29) is 24.0 Å². The summed E-state index contributed by atoms with van der Waals surface area (Å²) in [5.74, 6) is 1.75. The number of aliphatic imine (C=N–C) groups is 1. The van der Waals surface area contributed by atoms with Gasteiger partial charge in [0.1, 0.15) is 0 Å². The first-order valence-electron chi connectivity index (χ1n) is 6.83. The van der Waals surface area contributed by atoms with Crippen LogP contribution in [0.5, 0.6) is 0 Å². The Morgan fingerprint density at radius 2 is 2.09 bits per heavy atom. The summed E-state index contributed by atoms with van der Waals surface area (Å²) in [7, 11) is 0. The van der Waals surface area contributed by atoms with Gasteiger partial charge in [0.2, 0.25) is 5.89 Å². The van der Waals surface area contributed by atoms with E-state index in [0.29, 0.717) is 40.8 Å². The molecule has 0 bridgehead atoms. The quantitative estimate of drug-likeness (QED) is 0.398. The molecular formula is C14H18Cl2IN5O. The van der Waals surface area contributed by atoms with Crippen LogP contribution in [0.4, 0.5) is 0 Å². The third-order valence-electron chi connectivity index (χ3n) is 2.74. The average Bonchev–Trinajstić information content (AvgIpc) is 2.89. The van der Waals surface area contributed by atoms with E-state index < -0.39 is 0 Å². The summed E-state index contributed by atoms with van der Waals surface area (Å²) in [4.78, 5) is 8.60. The van der Waals surface area contributed by atoms with Gasteiger partial charge in [0.15, 0.2) is 11.8 Å². The molecule has 9 heteroatoms. The van der Waals surface area contributed by atoms with E-state index >= 15 is 0 Å². The Balaban J connectivity index is 0.00000264. The Morgan fingerprint density at radius 3 is 2.70 bits per heavy atom. The molecule has 0 atom stereocenters. The van der Waals surface area contributed by atoms with E-state index in [9.17, 15) is 0 Å². The molecule has 0 amide bonds. The first-order valence-corrected chi connectivity index (χ1v) is 7.59. The van der Waals surface area contributed by atoms with E-state index in [2.05, 4.69) is 25.8 Å². The molecule has 0 spiro atoms. The second kappa shape index (κ2) is 9.94. The summed E-state index contributed by atoms with van der Waals surface area (Å²) in [5.41, 5.74) is 0.900. The van der Waals surface area contributed by atoms with Gasteiger partial charge in [0.25, 0.3) is 0 Å². The minimum atomic E-state index is 0. The van der Waals surface area contributed by atoms with Crippen LogP contribution in [0.25, 0.3) is 0 Å². The van der Waals surface area contributed by atoms with Crippen molar-refractivity contribution in [2.75, 3.05) is 6.54 Å². The summed E-state index contributed by atoms with van der Waals surface area (Å²) >= 11 is 12.0. The molecule has 126 valence electrons. The van der Waals surface area contributed by atoms with Gasteiger partial charge in [-0.25, -0.2) is 4.99 Å². The molecule has 2 N–H and O–H groups in total. The molecule has 2 aromatic rings. The van der Waals surface area contributed by atoms with Crippen molar-refractivity contribution in [3.05, 3.63) is 45.5 Å². The molecule has 0 aliphatic heterocycles. The zero-order valence-corrected chi connectivity index (χ0v) is 16.6. The molecule has 1 aromatic heterocycles. The molecule has 0 unspecified atom stereocenters. The maximum Gasteiger partial charge on any atom is 0.246 e. The van der Waals surface area contributed by atoms with Crippen LogP contribution in [0.2, 0.25) is 10.0 Å². The lowest BCUT2D eigenvalue weighted by molar-refractivity contribution is 0.371. The second-order valence-electron chi connectivity index (χ2n) is 4.52.